The van der Waals surface area contributed by atoms with Gasteiger partial charge >= 0.3 is 0 Å². The third kappa shape index (κ3) is 8.88. The normalized spacial score (nSPS) is 11.1. The van der Waals surface area contributed by atoms with Gasteiger partial charge in [-0.2, -0.15) is 0 Å². The zero-order valence-corrected chi connectivity index (χ0v) is 15.9. The average molecular weight is 338 g/mol. The number of hydrogen-bond donors (Lipinski definition) is 1. The van der Waals surface area contributed by atoms with Crippen molar-refractivity contribution in [3.05, 3.63) is 71.8 Å². The predicted octanol–water partition coefficient (Wildman–Crippen LogP) is 6.18. The molecule has 0 heterocycles. The Morgan fingerprint density at radius 3 is 1.44 bits per heavy atom. The maximum Gasteiger partial charge on any atom is 0.00640 e. The first-order valence-corrected chi connectivity index (χ1v) is 10.1. The molecule has 1 N–H and O–H groups in total. The van der Waals surface area contributed by atoms with E-state index in [0.29, 0.717) is 6.04 Å². The summed E-state index contributed by atoms with van der Waals surface area (Å²) in [4.78, 5) is 0. The van der Waals surface area contributed by atoms with Gasteiger partial charge in [0.15, 0.2) is 0 Å². The maximum absolute atomic E-state index is 3.52. The molecule has 0 saturated carbocycles. The van der Waals surface area contributed by atoms with Gasteiger partial charge in [0, 0.05) is 6.04 Å². The van der Waals surface area contributed by atoms with Gasteiger partial charge in [0.1, 0.15) is 0 Å². The molecule has 0 saturated heterocycles. The largest absolute Gasteiger partial charge is 0.317 e. The molecular formula is C24H35N. The van der Waals surface area contributed by atoms with E-state index in [0.717, 1.165) is 0 Å². The highest BCUT2D eigenvalue weighted by molar-refractivity contribution is 5.15. The fourth-order valence-electron chi connectivity index (χ4n) is 3.52. The lowest BCUT2D eigenvalue weighted by molar-refractivity contribution is 0.441. The number of rotatable bonds is 13. The van der Waals surface area contributed by atoms with Crippen molar-refractivity contribution in [2.45, 2.75) is 70.3 Å². The molecule has 0 spiro atoms. The smallest absolute Gasteiger partial charge is 0.00640 e. The summed E-state index contributed by atoms with van der Waals surface area (Å²) in [5, 5.41) is 3.52. The van der Waals surface area contributed by atoms with Crippen LogP contribution in [0.25, 0.3) is 0 Å². The summed E-state index contributed by atoms with van der Waals surface area (Å²) in [5.74, 6) is 0. The molecule has 25 heavy (non-hydrogen) atoms. The van der Waals surface area contributed by atoms with Crippen molar-refractivity contribution >= 4 is 0 Å². The molecule has 1 nitrogen and oxygen atoms in total. The summed E-state index contributed by atoms with van der Waals surface area (Å²) in [6.07, 6.45) is 13.1. The van der Waals surface area contributed by atoms with Crippen LogP contribution in [0.2, 0.25) is 0 Å². The van der Waals surface area contributed by atoms with E-state index in [4.69, 9.17) is 0 Å². The Hall–Kier alpha value is -1.60. The summed E-state index contributed by atoms with van der Waals surface area (Å²) in [6.45, 7) is 0. The Kier molecular flexibility index (Phi) is 10.0. The second-order valence-electron chi connectivity index (χ2n) is 7.16. The molecule has 0 radical (unpaired) electrons. The van der Waals surface area contributed by atoms with Crippen LogP contribution in [0.1, 0.15) is 62.5 Å². The number of aryl methyl sites for hydroxylation is 2. The third-order valence-corrected chi connectivity index (χ3v) is 5.13. The minimum Gasteiger partial charge on any atom is -0.317 e. The fraction of sp³-hybridized carbons (Fsp3) is 0.500. The molecule has 2 aromatic rings. The Morgan fingerprint density at radius 1 is 0.600 bits per heavy atom. The number of hydrogen-bond acceptors (Lipinski definition) is 1. The van der Waals surface area contributed by atoms with Crippen LogP contribution in [-0.2, 0) is 12.8 Å². The Balaban J connectivity index is 1.47. The lowest BCUT2D eigenvalue weighted by Gasteiger charge is -2.16. The SMILES string of the molecule is CNC(CCCCCc1ccccc1)CCCCCc1ccccc1. The topological polar surface area (TPSA) is 12.0 Å². The summed E-state index contributed by atoms with van der Waals surface area (Å²) >= 11 is 0. The highest BCUT2D eigenvalue weighted by Gasteiger charge is 2.05. The van der Waals surface area contributed by atoms with Gasteiger partial charge in [0.25, 0.3) is 0 Å². The molecule has 0 unspecified atom stereocenters. The Labute approximate surface area is 154 Å². The Bertz CT molecular complexity index is 485. The summed E-state index contributed by atoms with van der Waals surface area (Å²) in [5.41, 5.74) is 2.96. The van der Waals surface area contributed by atoms with Crippen LogP contribution in [-0.4, -0.2) is 13.1 Å². The molecule has 0 fully saturated rings. The molecule has 0 amide bonds. The number of benzene rings is 2. The fourth-order valence-corrected chi connectivity index (χ4v) is 3.52. The van der Waals surface area contributed by atoms with Crippen molar-refractivity contribution in [3.63, 3.8) is 0 Å². The monoisotopic (exact) mass is 337 g/mol. The van der Waals surface area contributed by atoms with Gasteiger partial charge in [-0.05, 0) is 56.7 Å². The van der Waals surface area contributed by atoms with Crippen molar-refractivity contribution in [2.75, 3.05) is 7.05 Å². The van der Waals surface area contributed by atoms with Gasteiger partial charge in [-0.3, -0.25) is 0 Å². The number of nitrogens with one attached hydrogen (secondary N) is 1. The van der Waals surface area contributed by atoms with Crippen LogP contribution in [0.4, 0.5) is 0 Å². The minimum atomic E-state index is 0.702. The first kappa shape index (κ1) is 19.7. The standard InChI is InChI=1S/C24H35N/c1-25-24(20-12-4-10-18-22-14-6-2-7-15-22)21-13-5-11-19-23-16-8-3-9-17-23/h2-3,6-9,14-17,24-25H,4-5,10-13,18-21H2,1H3. The highest BCUT2D eigenvalue weighted by Crippen LogP contribution is 2.14. The average Bonchev–Trinajstić information content (AvgIpc) is 2.67. The molecule has 0 aliphatic carbocycles. The van der Waals surface area contributed by atoms with Gasteiger partial charge in [-0.1, -0.05) is 86.3 Å². The van der Waals surface area contributed by atoms with Gasteiger partial charge < -0.3 is 5.32 Å². The van der Waals surface area contributed by atoms with E-state index in [2.05, 4.69) is 73.0 Å². The second kappa shape index (κ2) is 12.7. The van der Waals surface area contributed by atoms with E-state index in [-0.39, 0.29) is 0 Å². The van der Waals surface area contributed by atoms with Crippen molar-refractivity contribution < 1.29 is 0 Å². The lowest BCUT2D eigenvalue weighted by atomic mass is 9.99. The number of unbranched alkanes of at least 4 members (excludes halogenated alkanes) is 4. The van der Waals surface area contributed by atoms with Gasteiger partial charge in [0.05, 0.1) is 0 Å². The first-order valence-electron chi connectivity index (χ1n) is 10.1. The second-order valence-corrected chi connectivity index (χ2v) is 7.16. The van der Waals surface area contributed by atoms with Crippen LogP contribution in [0.3, 0.4) is 0 Å². The van der Waals surface area contributed by atoms with Gasteiger partial charge in [-0.25, -0.2) is 0 Å². The molecule has 2 rings (SSSR count). The van der Waals surface area contributed by atoms with Gasteiger partial charge in [0.2, 0.25) is 0 Å². The molecule has 0 aliphatic rings. The highest BCUT2D eigenvalue weighted by atomic mass is 14.9. The maximum atomic E-state index is 3.52. The molecule has 1 heteroatoms. The quantitative estimate of drug-likeness (QED) is 0.430. The van der Waals surface area contributed by atoms with E-state index in [1.807, 2.05) is 0 Å². The first-order chi connectivity index (χ1) is 12.4. The van der Waals surface area contributed by atoms with Crippen molar-refractivity contribution in [3.8, 4) is 0 Å². The van der Waals surface area contributed by atoms with Crippen LogP contribution < -0.4 is 5.32 Å². The predicted molar refractivity (Wildman–Crippen MR) is 110 cm³/mol. The minimum absolute atomic E-state index is 0.702. The molecule has 136 valence electrons. The van der Waals surface area contributed by atoms with Gasteiger partial charge in [-0.15, -0.1) is 0 Å². The summed E-state index contributed by atoms with van der Waals surface area (Å²) in [6, 6.07) is 22.4. The van der Waals surface area contributed by atoms with Crippen molar-refractivity contribution in [1.29, 1.82) is 0 Å². The molecule has 0 aromatic heterocycles. The van der Waals surface area contributed by atoms with Crippen molar-refractivity contribution in [1.82, 2.24) is 5.32 Å². The molecule has 0 atom stereocenters. The third-order valence-electron chi connectivity index (χ3n) is 5.13. The van der Waals surface area contributed by atoms with Crippen LogP contribution in [0.5, 0.6) is 0 Å². The zero-order valence-electron chi connectivity index (χ0n) is 15.9. The zero-order chi connectivity index (χ0) is 17.6. The van der Waals surface area contributed by atoms with E-state index < -0.39 is 0 Å². The van der Waals surface area contributed by atoms with E-state index >= 15 is 0 Å². The van der Waals surface area contributed by atoms with E-state index in [1.54, 1.807) is 0 Å². The lowest BCUT2D eigenvalue weighted by Crippen LogP contribution is -2.24. The summed E-state index contributed by atoms with van der Waals surface area (Å²) < 4.78 is 0. The molecular weight excluding hydrogens is 302 g/mol. The molecule has 2 aromatic carbocycles. The molecule has 0 aliphatic heterocycles. The summed E-state index contributed by atoms with van der Waals surface area (Å²) in [7, 11) is 2.12. The van der Waals surface area contributed by atoms with Crippen LogP contribution in [0.15, 0.2) is 60.7 Å². The van der Waals surface area contributed by atoms with Crippen LogP contribution in [0, 0.1) is 0 Å². The van der Waals surface area contributed by atoms with E-state index in [9.17, 15) is 0 Å². The van der Waals surface area contributed by atoms with E-state index in [1.165, 1.54) is 75.3 Å². The van der Waals surface area contributed by atoms with Crippen molar-refractivity contribution in [2.24, 2.45) is 0 Å². The van der Waals surface area contributed by atoms with Crippen LogP contribution >= 0.6 is 0 Å². The Morgan fingerprint density at radius 2 is 1.04 bits per heavy atom. The molecule has 0 bridgehead atoms.